The average Bonchev–Trinajstić information content (AvgIpc) is 2.48. The largest absolute Gasteiger partial charge is 0.497 e. The van der Waals surface area contributed by atoms with Gasteiger partial charge in [-0.25, -0.2) is 0 Å². The highest BCUT2D eigenvalue weighted by molar-refractivity contribution is 9.10. The van der Waals surface area contributed by atoms with Gasteiger partial charge in [-0.2, -0.15) is 0 Å². The van der Waals surface area contributed by atoms with Crippen LogP contribution in [-0.2, 0) is 0 Å². The summed E-state index contributed by atoms with van der Waals surface area (Å²) in [5.74, 6) is 0.465. The molecule has 1 saturated carbocycles. The van der Waals surface area contributed by atoms with Crippen molar-refractivity contribution >= 4 is 21.8 Å². The van der Waals surface area contributed by atoms with E-state index in [-0.39, 0.29) is 12.5 Å². The van der Waals surface area contributed by atoms with Gasteiger partial charge in [0.25, 0.3) is 5.91 Å². The number of aliphatic hydroxyl groups is 1. The Bertz CT molecular complexity index is 484. The molecule has 5 heteroatoms. The highest BCUT2D eigenvalue weighted by Gasteiger charge is 2.33. The molecule has 1 aromatic rings. The lowest BCUT2D eigenvalue weighted by Crippen LogP contribution is -2.52. The lowest BCUT2D eigenvalue weighted by atomic mass is 9.82. The fourth-order valence-corrected chi connectivity index (χ4v) is 3.09. The first-order valence-corrected chi connectivity index (χ1v) is 7.66. The van der Waals surface area contributed by atoms with Crippen molar-refractivity contribution in [1.29, 1.82) is 0 Å². The predicted molar refractivity (Wildman–Crippen MR) is 81.1 cm³/mol. The molecule has 0 spiro atoms. The Labute approximate surface area is 127 Å². The lowest BCUT2D eigenvalue weighted by molar-refractivity contribution is 0.0757. The Morgan fingerprint density at radius 2 is 2.10 bits per heavy atom. The monoisotopic (exact) mass is 341 g/mol. The number of aliphatic hydroxyl groups excluding tert-OH is 1. The fraction of sp³-hybridized carbons (Fsp3) is 0.533. The first-order valence-electron chi connectivity index (χ1n) is 6.87. The van der Waals surface area contributed by atoms with Crippen molar-refractivity contribution in [3.05, 3.63) is 28.2 Å². The summed E-state index contributed by atoms with van der Waals surface area (Å²) in [6, 6.07) is 5.29. The Balaban J connectivity index is 2.18. The van der Waals surface area contributed by atoms with Crippen LogP contribution in [0.2, 0.25) is 0 Å². The smallest absolute Gasteiger partial charge is 0.253 e. The first kappa shape index (κ1) is 15.3. The summed E-state index contributed by atoms with van der Waals surface area (Å²) in [5, 5.41) is 12.7. The van der Waals surface area contributed by atoms with Crippen molar-refractivity contribution in [2.45, 2.75) is 37.6 Å². The zero-order valence-electron chi connectivity index (χ0n) is 11.6. The Morgan fingerprint density at radius 1 is 1.40 bits per heavy atom. The number of carbonyl (C=O) groups is 1. The van der Waals surface area contributed by atoms with Crippen molar-refractivity contribution in [2.24, 2.45) is 0 Å². The number of nitrogens with one attached hydrogen (secondary N) is 1. The maximum Gasteiger partial charge on any atom is 0.253 e. The molecule has 0 atom stereocenters. The molecule has 0 saturated heterocycles. The van der Waals surface area contributed by atoms with Gasteiger partial charge in [0.15, 0.2) is 0 Å². The molecular formula is C15H20BrNO3. The van der Waals surface area contributed by atoms with Crippen molar-refractivity contribution in [2.75, 3.05) is 13.7 Å². The molecule has 0 heterocycles. The molecule has 1 fully saturated rings. The molecule has 2 N–H and O–H groups in total. The average molecular weight is 342 g/mol. The lowest BCUT2D eigenvalue weighted by Gasteiger charge is -2.36. The van der Waals surface area contributed by atoms with Crippen molar-refractivity contribution < 1.29 is 14.6 Å². The van der Waals surface area contributed by atoms with Crippen LogP contribution in [0.15, 0.2) is 22.7 Å². The van der Waals surface area contributed by atoms with Crippen molar-refractivity contribution in [3.8, 4) is 5.75 Å². The third-order valence-corrected chi connectivity index (χ3v) is 4.60. The van der Waals surface area contributed by atoms with Gasteiger partial charge in [0.1, 0.15) is 5.75 Å². The molecule has 4 nitrogen and oxygen atoms in total. The zero-order chi connectivity index (χ0) is 14.6. The number of carbonyl (C=O) groups excluding carboxylic acids is 1. The van der Waals surface area contributed by atoms with E-state index in [1.54, 1.807) is 25.3 Å². The van der Waals surface area contributed by atoms with Crippen LogP contribution >= 0.6 is 15.9 Å². The summed E-state index contributed by atoms with van der Waals surface area (Å²) in [7, 11) is 1.57. The van der Waals surface area contributed by atoms with Crippen LogP contribution in [0.5, 0.6) is 5.75 Å². The van der Waals surface area contributed by atoms with Crippen LogP contribution in [-0.4, -0.2) is 30.3 Å². The number of amides is 1. The predicted octanol–water partition coefficient (Wildman–Crippen LogP) is 2.88. The SMILES string of the molecule is COc1ccc(Br)c(C(=O)NC2(CO)CCCCC2)c1. The molecule has 1 aliphatic rings. The van der Waals surface area contributed by atoms with Crippen molar-refractivity contribution in [3.63, 3.8) is 0 Å². The summed E-state index contributed by atoms with van der Waals surface area (Å²) >= 11 is 3.39. The van der Waals surface area contributed by atoms with Gasteiger partial charge in [0.2, 0.25) is 0 Å². The summed E-state index contributed by atoms with van der Waals surface area (Å²) in [4.78, 5) is 12.5. The molecule has 1 amide bonds. The highest BCUT2D eigenvalue weighted by Crippen LogP contribution is 2.29. The molecular weight excluding hydrogens is 322 g/mol. The molecule has 1 aliphatic carbocycles. The molecule has 1 aromatic carbocycles. The molecule has 2 rings (SSSR count). The molecule has 20 heavy (non-hydrogen) atoms. The second-order valence-electron chi connectivity index (χ2n) is 5.30. The first-order chi connectivity index (χ1) is 9.60. The van der Waals surface area contributed by atoms with E-state index < -0.39 is 5.54 Å². The highest BCUT2D eigenvalue weighted by atomic mass is 79.9. The van der Waals surface area contributed by atoms with Crippen LogP contribution in [0.3, 0.4) is 0 Å². The zero-order valence-corrected chi connectivity index (χ0v) is 13.2. The minimum Gasteiger partial charge on any atom is -0.497 e. The Morgan fingerprint density at radius 3 is 2.70 bits per heavy atom. The van der Waals surface area contributed by atoms with E-state index in [0.717, 1.165) is 30.2 Å². The maximum absolute atomic E-state index is 12.5. The van der Waals surface area contributed by atoms with Crippen LogP contribution in [0.1, 0.15) is 42.5 Å². The van der Waals surface area contributed by atoms with Gasteiger partial charge in [-0.15, -0.1) is 0 Å². The number of benzene rings is 1. The summed E-state index contributed by atoms with van der Waals surface area (Å²) in [6.07, 6.45) is 4.91. The van der Waals surface area contributed by atoms with Gasteiger partial charge < -0.3 is 15.2 Å². The van der Waals surface area contributed by atoms with Gasteiger partial charge in [-0.05, 0) is 47.0 Å². The quantitative estimate of drug-likeness (QED) is 0.885. The minimum absolute atomic E-state index is 0.0136. The minimum atomic E-state index is -0.474. The summed E-state index contributed by atoms with van der Waals surface area (Å²) < 4.78 is 5.87. The topological polar surface area (TPSA) is 58.6 Å². The molecule has 110 valence electrons. The summed E-state index contributed by atoms with van der Waals surface area (Å²) in [6.45, 7) is -0.0136. The third-order valence-electron chi connectivity index (χ3n) is 3.91. The standard InChI is InChI=1S/C15H20BrNO3/c1-20-11-5-6-13(16)12(9-11)14(19)17-15(10-18)7-3-2-4-8-15/h5-6,9,18H,2-4,7-8,10H2,1H3,(H,17,19). The van der Waals surface area contributed by atoms with Crippen molar-refractivity contribution in [1.82, 2.24) is 5.32 Å². The van der Waals surface area contributed by atoms with E-state index in [1.165, 1.54) is 6.42 Å². The van der Waals surface area contributed by atoms with E-state index in [9.17, 15) is 9.90 Å². The molecule has 0 aromatic heterocycles. The number of methoxy groups -OCH3 is 1. The fourth-order valence-electron chi connectivity index (χ4n) is 2.66. The van der Waals surface area contributed by atoms with E-state index in [4.69, 9.17) is 4.74 Å². The number of hydrogen-bond donors (Lipinski definition) is 2. The Hall–Kier alpha value is -1.07. The number of ether oxygens (including phenoxy) is 1. The molecule has 0 radical (unpaired) electrons. The van der Waals surface area contributed by atoms with Gasteiger partial charge in [-0.3, -0.25) is 4.79 Å². The van der Waals surface area contributed by atoms with Gasteiger partial charge in [0, 0.05) is 4.47 Å². The van der Waals surface area contributed by atoms with Gasteiger partial charge >= 0.3 is 0 Å². The van der Waals surface area contributed by atoms with Crippen LogP contribution in [0.25, 0.3) is 0 Å². The van der Waals surface area contributed by atoms with Crippen LogP contribution in [0, 0.1) is 0 Å². The molecule has 0 bridgehead atoms. The van der Waals surface area contributed by atoms with Gasteiger partial charge in [0.05, 0.1) is 24.8 Å². The molecule has 0 unspecified atom stereocenters. The number of hydrogen-bond acceptors (Lipinski definition) is 3. The Kier molecular flexibility index (Phi) is 5.05. The second-order valence-corrected chi connectivity index (χ2v) is 6.15. The second kappa shape index (κ2) is 6.59. The van der Waals surface area contributed by atoms with E-state index in [1.807, 2.05) is 0 Å². The summed E-state index contributed by atoms with van der Waals surface area (Å²) in [5.41, 5.74) is 0.0560. The number of rotatable bonds is 4. The van der Waals surface area contributed by atoms with E-state index in [0.29, 0.717) is 11.3 Å². The van der Waals surface area contributed by atoms with Gasteiger partial charge in [-0.1, -0.05) is 19.3 Å². The number of halogens is 1. The van der Waals surface area contributed by atoms with Crippen LogP contribution in [0.4, 0.5) is 0 Å². The van der Waals surface area contributed by atoms with E-state index in [2.05, 4.69) is 21.2 Å². The third kappa shape index (κ3) is 3.33. The normalized spacial score (nSPS) is 17.6. The van der Waals surface area contributed by atoms with E-state index >= 15 is 0 Å². The van der Waals surface area contributed by atoms with Crippen LogP contribution < -0.4 is 10.1 Å². The maximum atomic E-state index is 12.5. The molecule has 0 aliphatic heterocycles.